The smallest absolute Gasteiger partial charge is 0.0475 e. The van der Waals surface area contributed by atoms with Crippen molar-refractivity contribution in [1.29, 1.82) is 0 Å². The fourth-order valence-electron chi connectivity index (χ4n) is 0. The molecule has 0 amide bonds. The maximum absolute atomic E-state index is 2.15. The van der Waals surface area contributed by atoms with Crippen molar-refractivity contribution in [3.63, 3.8) is 0 Å². The van der Waals surface area contributed by atoms with Crippen molar-refractivity contribution in [1.82, 2.24) is 0 Å². The van der Waals surface area contributed by atoms with Crippen LogP contribution in [0.25, 0.3) is 0 Å². The van der Waals surface area contributed by atoms with Crippen LogP contribution in [0.1, 0.15) is 0 Å². The van der Waals surface area contributed by atoms with Crippen molar-refractivity contribution in [2.75, 3.05) is 13.3 Å². The van der Waals surface area contributed by atoms with Crippen LogP contribution in [0.5, 0.6) is 0 Å². The van der Waals surface area contributed by atoms with Crippen LogP contribution < -0.4 is 0 Å². The van der Waals surface area contributed by atoms with Crippen LogP contribution in [0.4, 0.5) is 0 Å². The average molecular weight is 96.1 g/mol. The first kappa shape index (κ1) is 8.85. The van der Waals surface area contributed by atoms with Gasteiger partial charge in [-0.2, -0.15) is 9.90 Å². The van der Waals surface area contributed by atoms with Crippen LogP contribution in [0.3, 0.4) is 0 Å². The van der Waals surface area contributed by atoms with Gasteiger partial charge in [-0.05, 0) is 13.3 Å². The standard InChI is InChI=1S/C2H7P.H3P/c1-3-2;/h3H,1-2H3;1H3. The number of hydrogen-bond donors (Lipinski definition) is 0. The molecule has 0 aromatic carbocycles. The van der Waals surface area contributed by atoms with Gasteiger partial charge in [0.05, 0.1) is 0 Å². The molecule has 0 bridgehead atoms. The highest BCUT2D eigenvalue weighted by molar-refractivity contribution is 7.35. The summed E-state index contributed by atoms with van der Waals surface area (Å²) >= 11 is 0. The van der Waals surface area contributed by atoms with Crippen molar-refractivity contribution in [2.24, 2.45) is 0 Å². The molecule has 0 aliphatic rings. The van der Waals surface area contributed by atoms with Gasteiger partial charge in [-0.15, -0.1) is 8.58 Å². The third-order valence-electron chi connectivity index (χ3n) is 0. The van der Waals surface area contributed by atoms with E-state index >= 15 is 0 Å². The predicted molar refractivity (Wildman–Crippen MR) is 31.3 cm³/mol. The highest BCUT2D eigenvalue weighted by Crippen LogP contribution is 1.84. The lowest BCUT2D eigenvalue weighted by Gasteiger charge is -1.50. The lowest BCUT2D eigenvalue weighted by molar-refractivity contribution is 2.32. The summed E-state index contributed by atoms with van der Waals surface area (Å²) in [5.74, 6) is 0. The van der Waals surface area contributed by atoms with Gasteiger partial charge in [0.15, 0.2) is 0 Å². The second-order valence-corrected chi connectivity index (χ2v) is 1.50. The molecule has 0 saturated heterocycles. The van der Waals surface area contributed by atoms with Crippen molar-refractivity contribution >= 4 is 18.5 Å². The van der Waals surface area contributed by atoms with Gasteiger partial charge >= 0.3 is 0 Å². The summed E-state index contributed by atoms with van der Waals surface area (Å²) in [6.07, 6.45) is 0. The van der Waals surface area contributed by atoms with E-state index in [1.807, 2.05) is 0 Å². The Balaban J connectivity index is 0. The van der Waals surface area contributed by atoms with E-state index < -0.39 is 0 Å². The van der Waals surface area contributed by atoms with E-state index in [0.29, 0.717) is 0 Å². The Labute approximate surface area is 32.8 Å². The molecule has 1 atom stereocenters. The highest BCUT2D eigenvalue weighted by Gasteiger charge is 1.33. The summed E-state index contributed by atoms with van der Waals surface area (Å²) in [5, 5.41) is 0. The van der Waals surface area contributed by atoms with Crippen molar-refractivity contribution < 1.29 is 0 Å². The summed E-state index contributed by atoms with van der Waals surface area (Å²) in [6, 6.07) is 0. The molecule has 0 aliphatic heterocycles. The van der Waals surface area contributed by atoms with Crippen LogP contribution >= 0.6 is 18.5 Å². The molecule has 0 nitrogen and oxygen atoms in total. The molecule has 0 N–H and O–H groups in total. The number of hydrogen-bond acceptors (Lipinski definition) is 0. The van der Waals surface area contributed by atoms with Gasteiger partial charge in [-0.25, -0.2) is 0 Å². The molecule has 0 saturated carbocycles. The molecule has 28 valence electrons. The predicted octanol–water partition coefficient (Wildman–Crippen LogP) is 0.983. The molecule has 0 fully saturated rings. The zero-order valence-electron chi connectivity index (χ0n) is 3.21. The summed E-state index contributed by atoms with van der Waals surface area (Å²) in [7, 11) is 1.08. The zero-order valence-corrected chi connectivity index (χ0v) is 5.62. The number of rotatable bonds is 0. The molecule has 0 aromatic heterocycles. The van der Waals surface area contributed by atoms with Crippen LogP contribution in [0, 0.1) is 0 Å². The maximum atomic E-state index is 2.15. The van der Waals surface area contributed by atoms with E-state index in [0.717, 1.165) is 8.58 Å². The normalized spacial score (nSPS) is 4.50. The second kappa shape index (κ2) is 9.13. The third kappa shape index (κ3) is 13.4. The maximum Gasteiger partial charge on any atom is -0.0475 e. The van der Waals surface area contributed by atoms with Gasteiger partial charge in [-0.3, -0.25) is 0 Å². The Morgan fingerprint density at radius 2 is 1.25 bits per heavy atom. The molecule has 0 radical (unpaired) electrons. The highest BCUT2D eigenvalue weighted by atomic mass is 31.1. The first-order valence-electron chi connectivity index (χ1n) is 1.00. The second-order valence-electron chi connectivity index (χ2n) is 0.500. The average Bonchev–Trinajstić information content (AvgIpc) is 0.918. The minimum atomic E-state index is 0. The van der Waals surface area contributed by atoms with Gasteiger partial charge in [0.2, 0.25) is 0 Å². The van der Waals surface area contributed by atoms with Crippen molar-refractivity contribution in [3.05, 3.63) is 0 Å². The monoisotopic (exact) mass is 96.0 g/mol. The fraction of sp³-hybridized carbons (Fsp3) is 1.00. The summed E-state index contributed by atoms with van der Waals surface area (Å²) in [4.78, 5) is 0. The minimum absolute atomic E-state index is 0. The summed E-state index contributed by atoms with van der Waals surface area (Å²) in [6.45, 7) is 4.31. The molecular weight excluding hydrogens is 86.0 g/mol. The fourth-order valence-corrected chi connectivity index (χ4v) is 0. The van der Waals surface area contributed by atoms with Gasteiger partial charge in [-0.1, -0.05) is 0 Å². The minimum Gasteiger partial charge on any atom is -0.153 e. The third-order valence-corrected chi connectivity index (χ3v) is 0. The van der Waals surface area contributed by atoms with E-state index in [2.05, 4.69) is 13.3 Å². The molecule has 0 aromatic rings. The zero-order chi connectivity index (χ0) is 2.71. The topological polar surface area (TPSA) is 0 Å². The van der Waals surface area contributed by atoms with E-state index in [4.69, 9.17) is 0 Å². The van der Waals surface area contributed by atoms with Gasteiger partial charge in [0.1, 0.15) is 0 Å². The van der Waals surface area contributed by atoms with E-state index in [-0.39, 0.29) is 9.90 Å². The molecule has 2 heteroatoms. The SMILES string of the molecule is CPC.P. The Kier molecular flexibility index (Phi) is 20.2. The lowest BCUT2D eigenvalue weighted by Crippen LogP contribution is -1.18. The molecule has 0 heterocycles. The molecule has 0 rings (SSSR count). The molecule has 1 unspecified atom stereocenters. The van der Waals surface area contributed by atoms with Crippen LogP contribution in [-0.2, 0) is 0 Å². The summed E-state index contributed by atoms with van der Waals surface area (Å²) in [5.41, 5.74) is 0. The first-order chi connectivity index (χ1) is 1.41. The Morgan fingerprint density at radius 1 is 1.25 bits per heavy atom. The lowest BCUT2D eigenvalue weighted by atomic mass is 11.9. The molecule has 0 spiro atoms. The Hall–Kier alpha value is 0.860. The van der Waals surface area contributed by atoms with Gasteiger partial charge in [0, 0.05) is 0 Å². The van der Waals surface area contributed by atoms with Gasteiger partial charge in [0.25, 0.3) is 0 Å². The molecule has 4 heavy (non-hydrogen) atoms. The van der Waals surface area contributed by atoms with Crippen LogP contribution in [0.2, 0.25) is 0 Å². The molecule has 0 aliphatic carbocycles. The van der Waals surface area contributed by atoms with E-state index in [1.54, 1.807) is 0 Å². The van der Waals surface area contributed by atoms with Crippen molar-refractivity contribution in [3.8, 4) is 0 Å². The Bertz CT molecular complexity index is 4.00. The first-order valence-corrected chi connectivity index (χ1v) is 3.00. The largest absolute Gasteiger partial charge is 0.153 e. The van der Waals surface area contributed by atoms with Crippen LogP contribution in [-0.4, -0.2) is 13.3 Å². The quantitative estimate of drug-likeness (QED) is 0.394. The van der Waals surface area contributed by atoms with Crippen LogP contribution in [0.15, 0.2) is 0 Å². The Morgan fingerprint density at radius 3 is 1.25 bits per heavy atom. The van der Waals surface area contributed by atoms with E-state index in [9.17, 15) is 0 Å². The van der Waals surface area contributed by atoms with Gasteiger partial charge < -0.3 is 0 Å². The van der Waals surface area contributed by atoms with E-state index in [1.165, 1.54) is 0 Å². The van der Waals surface area contributed by atoms with Crippen molar-refractivity contribution in [2.45, 2.75) is 0 Å². The summed E-state index contributed by atoms with van der Waals surface area (Å²) < 4.78 is 0. The molecular formula is C2H10P2.